The van der Waals surface area contributed by atoms with Crippen molar-refractivity contribution in [2.45, 2.75) is 111 Å². The number of carbonyl (C=O) groups excluding carboxylic acids is 3. The molecule has 0 aromatic carbocycles. The minimum absolute atomic E-state index is 0.104. The third-order valence-electron chi connectivity index (χ3n) is 10.6. The molecule has 3 saturated carbocycles. The molecule has 0 aromatic heterocycles. The fraction of sp³-hybridized carbons (Fsp3) is 0.828. The number of hydrogen-bond acceptors (Lipinski definition) is 8. The molecule has 0 amide bonds. The summed E-state index contributed by atoms with van der Waals surface area (Å²) in [5.74, 6) is -1.27. The highest BCUT2D eigenvalue weighted by molar-refractivity contribution is 5.86. The summed E-state index contributed by atoms with van der Waals surface area (Å²) in [7, 11) is 0. The summed E-state index contributed by atoms with van der Waals surface area (Å²) >= 11 is 0. The molecule has 4 aliphatic rings. The van der Waals surface area contributed by atoms with Gasteiger partial charge < -0.3 is 24.4 Å². The molecule has 4 rings (SSSR count). The highest BCUT2D eigenvalue weighted by Gasteiger charge is 2.65. The van der Waals surface area contributed by atoms with Gasteiger partial charge in [-0.25, -0.2) is 4.79 Å². The van der Waals surface area contributed by atoms with Crippen molar-refractivity contribution >= 4 is 17.9 Å². The average molecular weight is 521 g/mol. The first-order valence-corrected chi connectivity index (χ1v) is 13.8. The van der Waals surface area contributed by atoms with Gasteiger partial charge in [-0.05, 0) is 78.9 Å². The number of esters is 3. The fourth-order valence-electron chi connectivity index (χ4n) is 9.10. The molecule has 0 bridgehead atoms. The van der Waals surface area contributed by atoms with E-state index in [9.17, 15) is 24.6 Å². The summed E-state index contributed by atoms with van der Waals surface area (Å²) in [5.41, 5.74) is -1.12. The van der Waals surface area contributed by atoms with Gasteiger partial charge in [-0.2, -0.15) is 0 Å². The van der Waals surface area contributed by atoms with Gasteiger partial charge in [-0.15, -0.1) is 0 Å². The normalized spacial score (nSPS) is 41.5. The van der Waals surface area contributed by atoms with Gasteiger partial charge in [0.2, 0.25) is 0 Å². The number of hydrogen-bond donors (Lipinski definition) is 2. The van der Waals surface area contributed by atoms with E-state index in [0.717, 1.165) is 25.7 Å². The Labute approximate surface area is 220 Å². The van der Waals surface area contributed by atoms with E-state index in [1.165, 1.54) is 32.8 Å². The minimum Gasteiger partial charge on any atom is -0.463 e. The summed E-state index contributed by atoms with van der Waals surface area (Å²) in [6, 6.07) is 0. The standard InChI is InChI=1S/C29H44O8/c1-17(30)35-16-29(34)13-9-22-27(5)11-7-10-26(3,4)21(27)8-12-28(22,6)23(29)15-20(32)19-14-24(33)37-25(19)36-18(2)31/h14,20-23,25,32,34H,7-13,15-16H2,1-6H3. The van der Waals surface area contributed by atoms with Gasteiger partial charge in [0.25, 0.3) is 6.29 Å². The van der Waals surface area contributed by atoms with Gasteiger partial charge >= 0.3 is 17.9 Å². The lowest BCUT2D eigenvalue weighted by Gasteiger charge is -2.68. The topological polar surface area (TPSA) is 119 Å². The van der Waals surface area contributed by atoms with Crippen LogP contribution in [0.4, 0.5) is 0 Å². The van der Waals surface area contributed by atoms with Gasteiger partial charge in [0.1, 0.15) is 12.2 Å². The van der Waals surface area contributed by atoms with Crippen molar-refractivity contribution < 1.29 is 38.8 Å². The van der Waals surface area contributed by atoms with E-state index in [-0.39, 0.29) is 34.8 Å². The smallest absolute Gasteiger partial charge is 0.334 e. The number of rotatable bonds is 6. The van der Waals surface area contributed by atoms with Gasteiger partial charge in [0.05, 0.1) is 6.10 Å². The molecule has 3 aliphatic carbocycles. The van der Waals surface area contributed by atoms with Crippen LogP contribution in [0.25, 0.3) is 0 Å². The second-order valence-electron chi connectivity index (χ2n) is 13.2. The zero-order chi connectivity index (χ0) is 27.4. The van der Waals surface area contributed by atoms with E-state index in [0.29, 0.717) is 18.3 Å². The van der Waals surface area contributed by atoms with Gasteiger partial charge in [0, 0.05) is 25.5 Å². The van der Waals surface area contributed by atoms with Crippen LogP contribution in [0.2, 0.25) is 0 Å². The first-order valence-electron chi connectivity index (χ1n) is 13.8. The largest absolute Gasteiger partial charge is 0.463 e. The molecule has 8 heteroatoms. The van der Waals surface area contributed by atoms with Crippen LogP contribution in [0, 0.1) is 34.0 Å². The first-order chi connectivity index (χ1) is 17.1. The summed E-state index contributed by atoms with van der Waals surface area (Å²) in [5, 5.41) is 23.4. The quantitative estimate of drug-likeness (QED) is 0.503. The number of ether oxygens (including phenoxy) is 3. The Kier molecular flexibility index (Phi) is 7.34. The minimum atomic E-state index is -1.33. The molecule has 0 saturated heterocycles. The first kappa shape index (κ1) is 28.1. The van der Waals surface area contributed by atoms with Crippen LogP contribution in [0.15, 0.2) is 11.6 Å². The summed E-state index contributed by atoms with van der Waals surface area (Å²) in [6.45, 7) is 11.8. The molecule has 8 unspecified atom stereocenters. The molecule has 1 aliphatic heterocycles. The second kappa shape index (κ2) is 9.67. The van der Waals surface area contributed by atoms with Gasteiger partial charge in [-0.3, -0.25) is 9.59 Å². The molecule has 37 heavy (non-hydrogen) atoms. The number of fused-ring (bicyclic) bond motifs is 3. The molecule has 8 nitrogen and oxygen atoms in total. The van der Waals surface area contributed by atoms with Crippen molar-refractivity contribution in [1.82, 2.24) is 0 Å². The maximum Gasteiger partial charge on any atom is 0.334 e. The lowest BCUT2D eigenvalue weighted by molar-refractivity contribution is -0.231. The van der Waals surface area contributed by atoms with E-state index in [4.69, 9.17) is 14.2 Å². The van der Waals surface area contributed by atoms with Crippen LogP contribution in [0.5, 0.6) is 0 Å². The molecule has 0 aromatic rings. The maximum atomic E-state index is 12.0. The highest BCUT2D eigenvalue weighted by Crippen LogP contribution is 2.70. The third-order valence-corrected chi connectivity index (χ3v) is 10.6. The number of aliphatic hydroxyl groups is 2. The Hall–Kier alpha value is -1.93. The fourth-order valence-corrected chi connectivity index (χ4v) is 9.10. The van der Waals surface area contributed by atoms with Gasteiger partial charge in [0.15, 0.2) is 0 Å². The Morgan fingerprint density at radius 2 is 1.70 bits per heavy atom. The monoisotopic (exact) mass is 520 g/mol. The third kappa shape index (κ3) is 4.96. The number of carbonyl (C=O) groups is 3. The molecule has 0 spiro atoms. The molecule has 2 N–H and O–H groups in total. The Bertz CT molecular complexity index is 971. The lowest BCUT2D eigenvalue weighted by Crippen LogP contribution is -2.64. The van der Waals surface area contributed by atoms with Crippen molar-refractivity contribution in [2.75, 3.05) is 6.61 Å². The van der Waals surface area contributed by atoms with E-state index in [2.05, 4.69) is 27.7 Å². The molecular formula is C29H44O8. The van der Waals surface area contributed by atoms with Crippen LogP contribution >= 0.6 is 0 Å². The summed E-state index contributed by atoms with van der Waals surface area (Å²) in [6.07, 6.45) is 5.60. The summed E-state index contributed by atoms with van der Waals surface area (Å²) < 4.78 is 15.6. The second-order valence-corrected chi connectivity index (χ2v) is 13.2. The van der Waals surface area contributed by atoms with Crippen LogP contribution in [-0.4, -0.2) is 52.7 Å². The molecular weight excluding hydrogens is 476 g/mol. The molecule has 3 fully saturated rings. The molecule has 1 heterocycles. The van der Waals surface area contributed by atoms with Crippen LogP contribution < -0.4 is 0 Å². The Morgan fingerprint density at radius 1 is 1.03 bits per heavy atom. The van der Waals surface area contributed by atoms with Crippen molar-refractivity contribution in [3.05, 3.63) is 11.6 Å². The van der Waals surface area contributed by atoms with E-state index in [1.54, 1.807) is 0 Å². The van der Waals surface area contributed by atoms with Crippen LogP contribution in [-0.2, 0) is 28.6 Å². The SMILES string of the molecule is CC(=O)OCC1(O)CCC2C3(C)CCCC(C)(C)C3CCC2(C)C1CC(O)C1=CC(=O)OC1OC(C)=O. The molecule has 208 valence electrons. The van der Waals surface area contributed by atoms with E-state index in [1.807, 2.05) is 0 Å². The molecule has 8 atom stereocenters. The lowest BCUT2D eigenvalue weighted by atomic mass is 9.38. The Morgan fingerprint density at radius 3 is 2.35 bits per heavy atom. The van der Waals surface area contributed by atoms with Gasteiger partial charge in [-0.1, -0.05) is 34.1 Å². The zero-order valence-electron chi connectivity index (χ0n) is 23.2. The predicted octanol–water partition coefficient (Wildman–Crippen LogP) is 4.06. The highest BCUT2D eigenvalue weighted by atomic mass is 16.7. The van der Waals surface area contributed by atoms with E-state index >= 15 is 0 Å². The predicted molar refractivity (Wildman–Crippen MR) is 135 cm³/mol. The maximum absolute atomic E-state index is 12.0. The zero-order valence-corrected chi connectivity index (χ0v) is 23.2. The average Bonchev–Trinajstić information content (AvgIpc) is 3.13. The summed E-state index contributed by atoms with van der Waals surface area (Å²) in [4.78, 5) is 35.3. The van der Waals surface area contributed by atoms with Crippen molar-refractivity contribution in [3.8, 4) is 0 Å². The Balaban J connectivity index is 1.69. The molecule has 0 radical (unpaired) electrons. The van der Waals surface area contributed by atoms with Crippen molar-refractivity contribution in [3.63, 3.8) is 0 Å². The van der Waals surface area contributed by atoms with E-state index < -0.39 is 41.8 Å². The van der Waals surface area contributed by atoms with Crippen molar-refractivity contribution in [1.29, 1.82) is 0 Å². The number of cyclic esters (lactones) is 1. The van der Waals surface area contributed by atoms with Crippen LogP contribution in [0.3, 0.4) is 0 Å². The number of aliphatic hydroxyl groups excluding tert-OH is 1. The van der Waals surface area contributed by atoms with Crippen molar-refractivity contribution in [2.24, 2.45) is 34.0 Å². The van der Waals surface area contributed by atoms with Crippen LogP contribution in [0.1, 0.15) is 92.9 Å².